The van der Waals surface area contributed by atoms with Gasteiger partial charge < -0.3 is 16.0 Å². The first-order chi connectivity index (χ1) is 10.2. The van der Waals surface area contributed by atoms with Gasteiger partial charge in [0.05, 0.1) is 0 Å². The van der Waals surface area contributed by atoms with Crippen LogP contribution in [0.25, 0.3) is 0 Å². The zero-order chi connectivity index (χ0) is 15.1. The Hall–Kier alpha value is -1.59. The first-order valence-electron chi connectivity index (χ1n) is 7.60. The molecule has 3 N–H and O–H groups in total. The molecule has 1 heterocycles. The third kappa shape index (κ3) is 5.66. The van der Waals surface area contributed by atoms with Crippen molar-refractivity contribution in [2.45, 2.75) is 38.6 Å². The minimum Gasteiger partial charge on any atom is -0.352 e. The molecule has 0 spiro atoms. The second kappa shape index (κ2) is 9.43. The lowest BCUT2D eigenvalue weighted by molar-refractivity contribution is -0.116. The van der Waals surface area contributed by atoms with Crippen LogP contribution >= 0.6 is 12.4 Å². The van der Waals surface area contributed by atoms with Crippen LogP contribution in [-0.2, 0) is 4.79 Å². The smallest absolute Gasteiger partial charge is 0.251 e. The highest BCUT2D eigenvalue weighted by atomic mass is 35.5. The number of hydrogen-bond donors (Lipinski definition) is 3. The van der Waals surface area contributed by atoms with Gasteiger partial charge in [-0.2, -0.15) is 0 Å². The van der Waals surface area contributed by atoms with Gasteiger partial charge >= 0.3 is 0 Å². The second-order valence-electron chi connectivity index (χ2n) is 5.32. The summed E-state index contributed by atoms with van der Waals surface area (Å²) in [6.45, 7) is 3.55. The third-order valence-electron chi connectivity index (χ3n) is 3.65. The van der Waals surface area contributed by atoms with E-state index in [1.807, 2.05) is 6.92 Å². The number of carbonyl (C=O) groups is 2. The molecule has 2 rings (SSSR count). The Balaban J connectivity index is 0.00000242. The lowest BCUT2D eigenvalue weighted by atomic mass is 10.1. The molecule has 6 heteroatoms. The molecule has 5 nitrogen and oxygen atoms in total. The zero-order valence-corrected chi connectivity index (χ0v) is 13.7. The largest absolute Gasteiger partial charge is 0.352 e. The Morgan fingerprint density at radius 3 is 2.59 bits per heavy atom. The van der Waals surface area contributed by atoms with Crippen molar-refractivity contribution in [3.8, 4) is 0 Å². The fourth-order valence-corrected chi connectivity index (χ4v) is 2.50. The second-order valence-corrected chi connectivity index (χ2v) is 5.32. The van der Waals surface area contributed by atoms with Crippen LogP contribution in [-0.4, -0.2) is 30.9 Å². The van der Waals surface area contributed by atoms with E-state index in [4.69, 9.17) is 0 Å². The van der Waals surface area contributed by atoms with E-state index in [2.05, 4.69) is 16.0 Å². The maximum atomic E-state index is 11.9. The monoisotopic (exact) mass is 325 g/mol. The molecule has 1 aliphatic heterocycles. The van der Waals surface area contributed by atoms with Crippen LogP contribution in [0.1, 0.15) is 43.0 Å². The first-order valence-corrected chi connectivity index (χ1v) is 7.60. The molecule has 0 aromatic heterocycles. The Kier molecular flexibility index (Phi) is 7.91. The van der Waals surface area contributed by atoms with Crippen molar-refractivity contribution in [1.82, 2.24) is 10.6 Å². The molecular weight excluding hydrogens is 302 g/mol. The first kappa shape index (κ1) is 18.5. The molecule has 0 bridgehead atoms. The molecule has 0 saturated carbocycles. The van der Waals surface area contributed by atoms with Crippen molar-refractivity contribution in [2.75, 3.05) is 18.4 Å². The molecule has 2 amide bonds. The predicted molar refractivity (Wildman–Crippen MR) is 90.6 cm³/mol. The average Bonchev–Trinajstić information content (AvgIpc) is 2.99. The minimum atomic E-state index is -0.0947. The van der Waals surface area contributed by atoms with Gasteiger partial charge in [-0.25, -0.2) is 0 Å². The van der Waals surface area contributed by atoms with Crippen LogP contribution in [0.3, 0.4) is 0 Å². The fraction of sp³-hybridized carbons (Fsp3) is 0.500. The molecule has 122 valence electrons. The van der Waals surface area contributed by atoms with Crippen molar-refractivity contribution < 1.29 is 9.59 Å². The third-order valence-corrected chi connectivity index (χ3v) is 3.65. The summed E-state index contributed by atoms with van der Waals surface area (Å²) in [5, 5.41) is 8.99. The number of rotatable bonds is 6. The van der Waals surface area contributed by atoms with E-state index in [1.165, 1.54) is 6.42 Å². The number of nitrogens with one attached hydrogen (secondary N) is 3. The van der Waals surface area contributed by atoms with E-state index in [-0.39, 0.29) is 24.2 Å². The summed E-state index contributed by atoms with van der Waals surface area (Å²) in [7, 11) is 0. The van der Waals surface area contributed by atoms with Gasteiger partial charge in [0.1, 0.15) is 0 Å². The fourth-order valence-electron chi connectivity index (χ4n) is 2.50. The van der Waals surface area contributed by atoms with E-state index < -0.39 is 0 Å². The zero-order valence-electron chi connectivity index (χ0n) is 12.9. The van der Waals surface area contributed by atoms with Crippen LogP contribution in [0.15, 0.2) is 24.3 Å². The lowest BCUT2D eigenvalue weighted by Crippen LogP contribution is -2.24. The number of hydrogen-bond acceptors (Lipinski definition) is 3. The normalized spacial score (nSPS) is 16.7. The van der Waals surface area contributed by atoms with Crippen LogP contribution in [0.4, 0.5) is 5.69 Å². The Morgan fingerprint density at radius 2 is 2.00 bits per heavy atom. The predicted octanol–water partition coefficient (Wildman–Crippen LogP) is 2.33. The average molecular weight is 326 g/mol. The van der Waals surface area contributed by atoms with Crippen LogP contribution in [0.5, 0.6) is 0 Å². The van der Waals surface area contributed by atoms with Crippen molar-refractivity contribution in [1.29, 1.82) is 0 Å². The van der Waals surface area contributed by atoms with E-state index in [1.54, 1.807) is 24.3 Å². The maximum Gasteiger partial charge on any atom is 0.251 e. The highest BCUT2D eigenvalue weighted by molar-refractivity contribution is 5.95. The summed E-state index contributed by atoms with van der Waals surface area (Å²) in [4.78, 5) is 23.5. The molecule has 1 aliphatic rings. The Bertz CT molecular complexity index is 485. The van der Waals surface area contributed by atoms with Crippen molar-refractivity contribution >= 4 is 29.9 Å². The molecule has 22 heavy (non-hydrogen) atoms. The summed E-state index contributed by atoms with van der Waals surface area (Å²) in [6.07, 6.45) is 3.76. The highest BCUT2D eigenvalue weighted by Crippen LogP contribution is 2.13. The topological polar surface area (TPSA) is 70.2 Å². The lowest BCUT2D eigenvalue weighted by Gasteiger charge is -2.10. The van der Waals surface area contributed by atoms with Gasteiger partial charge in [0.25, 0.3) is 5.91 Å². The molecule has 1 unspecified atom stereocenters. The maximum absolute atomic E-state index is 11.9. The van der Waals surface area contributed by atoms with Crippen LogP contribution in [0.2, 0.25) is 0 Å². The van der Waals surface area contributed by atoms with E-state index in [0.717, 1.165) is 25.1 Å². The van der Waals surface area contributed by atoms with Crippen molar-refractivity contribution in [3.63, 3.8) is 0 Å². The van der Waals surface area contributed by atoms with Gasteiger partial charge in [0, 0.05) is 30.3 Å². The van der Waals surface area contributed by atoms with Gasteiger partial charge in [0.2, 0.25) is 5.91 Å². The molecule has 1 atom stereocenters. The van der Waals surface area contributed by atoms with Gasteiger partial charge in [-0.1, -0.05) is 0 Å². The van der Waals surface area contributed by atoms with Crippen molar-refractivity contribution in [3.05, 3.63) is 29.8 Å². The number of amides is 2. The molecule has 1 saturated heterocycles. The molecular formula is C16H24ClN3O2. The van der Waals surface area contributed by atoms with E-state index in [0.29, 0.717) is 24.6 Å². The summed E-state index contributed by atoms with van der Waals surface area (Å²) in [5.74, 6) is -0.0721. The summed E-state index contributed by atoms with van der Waals surface area (Å²) < 4.78 is 0. The van der Waals surface area contributed by atoms with Gasteiger partial charge in [-0.15, -0.1) is 12.4 Å². The quantitative estimate of drug-likeness (QED) is 0.752. The van der Waals surface area contributed by atoms with E-state index >= 15 is 0 Å². The number of carbonyl (C=O) groups excluding carboxylic acids is 2. The Morgan fingerprint density at radius 1 is 1.27 bits per heavy atom. The summed E-state index contributed by atoms with van der Waals surface area (Å²) in [5.41, 5.74) is 1.33. The molecule has 0 radical (unpaired) electrons. The Labute approximate surface area is 137 Å². The molecule has 1 aromatic rings. The SMILES string of the molecule is CCNC(=O)c1ccc(NC(=O)CCC2CCCN2)cc1.Cl. The minimum absolute atomic E-state index is 0. The van der Waals surface area contributed by atoms with Crippen LogP contribution in [0, 0.1) is 0 Å². The van der Waals surface area contributed by atoms with Gasteiger partial charge in [-0.3, -0.25) is 9.59 Å². The molecule has 1 aromatic carbocycles. The standard InChI is InChI=1S/C16H23N3O2.ClH/c1-2-17-16(21)12-5-7-14(8-6-12)19-15(20)10-9-13-4-3-11-18-13;/h5-8,13,18H,2-4,9-11H2,1H3,(H,17,21)(H,19,20);1H. The van der Waals surface area contributed by atoms with Crippen molar-refractivity contribution in [2.24, 2.45) is 0 Å². The van der Waals surface area contributed by atoms with Crippen LogP contribution < -0.4 is 16.0 Å². The number of benzene rings is 1. The number of anilines is 1. The van der Waals surface area contributed by atoms with Gasteiger partial charge in [-0.05, 0) is 57.0 Å². The number of halogens is 1. The summed E-state index contributed by atoms with van der Waals surface area (Å²) in [6, 6.07) is 7.45. The highest BCUT2D eigenvalue weighted by Gasteiger charge is 2.15. The summed E-state index contributed by atoms with van der Waals surface area (Å²) >= 11 is 0. The van der Waals surface area contributed by atoms with Gasteiger partial charge in [0.15, 0.2) is 0 Å². The molecule has 1 fully saturated rings. The molecule has 0 aliphatic carbocycles. The van der Waals surface area contributed by atoms with E-state index in [9.17, 15) is 9.59 Å².